The fourth-order valence-electron chi connectivity index (χ4n) is 1.48. The summed E-state index contributed by atoms with van der Waals surface area (Å²) in [6.07, 6.45) is 1.50. The molecule has 0 amide bonds. The number of thiophene rings is 1. The molecular formula is C12H12BrN3O3S. The summed E-state index contributed by atoms with van der Waals surface area (Å²) in [6.45, 7) is 0.400. The monoisotopic (exact) mass is 357 g/mol. The number of halogens is 1. The van der Waals surface area contributed by atoms with Crippen molar-refractivity contribution < 1.29 is 9.53 Å². The second kappa shape index (κ2) is 6.67. The van der Waals surface area contributed by atoms with Crippen molar-refractivity contribution in [3.63, 3.8) is 0 Å². The number of methoxy groups -OCH3 is 1. The molecule has 0 aliphatic carbocycles. The van der Waals surface area contributed by atoms with Gasteiger partial charge in [-0.3, -0.25) is 9.59 Å². The Morgan fingerprint density at radius 2 is 2.40 bits per heavy atom. The molecule has 0 saturated heterocycles. The summed E-state index contributed by atoms with van der Waals surface area (Å²) < 4.78 is 5.90. The zero-order valence-electron chi connectivity index (χ0n) is 10.6. The first-order valence-corrected chi connectivity index (χ1v) is 7.37. The Kier molecular flexibility index (Phi) is 4.91. The number of carbonyl (C=O) groups is 1. The van der Waals surface area contributed by atoms with Crippen molar-refractivity contribution >= 4 is 38.9 Å². The Hall–Kier alpha value is -1.67. The van der Waals surface area contributed by atoms with Gasteiger partial charge in [-0.1, -0.05) is 6.07 Å². The van der Waals surface area contributed by atoms with E-state index < -0.39 is 5.97 Å². The Bertz CT molecular complexity index is 654. The van der Waals surface area contributed by atoms with Gasteiger partial charge in [-0.2, -0.15) is 5.10 Å². The lowest BCUT2D eigenvalue weighted by molar-refractivity contribution is -0.141. The van der Waals surface area contributed by atoms with Gasteiger partial charge in [0, 0.05) is 11.4 Å². The summed E-state index contributed by atoms with van der Waals surface area (Å²) >= 11 is 4.85. The smallest absolute Gasteiger partial charge is 0.327 e. The van der Waals surface area contributed by atoms with Crippen LogP contribution in [0.15, 0.2) is 33.0 Å². The van der Waals surface area contributed by atoms with Crippen molar-refractivity contribution in [1.29, 1.82) is 0 Å². The number of esters is 1. The summed E-state index contributed by atoms with van der Waals surface area (Å²) in [7, 11) is 1.26. The number of hydrogen-bond acceptors (Lipinski definition) is 6. The summed E-state index contributed by atoms with van der Waals surface area (Å²) in [6, 6.07) is 3.96. The molecule has 0 radical (unpaired) electrons. The first-order valence-electron chi connectivity index (χ1n) is 5.70. The van der Waals surface area contributed by atoms with Crippen LogP contribution in [0, 0.1) is 0 Å². The third-order valence-electron chi connectivity index (χ3n) is 2.52. The van der Waals surface area contributed by atoms with Gasteiger partial charge < -0.3 is 10.1 Å². The molecule has 0 aliphatic rings. The molecule has 2 aromatic rings. The minimum absolute atomic E-state index is 0.209. The van der Waals surface area contributed by atoms with E-state index in [1.54, 1.807) is 11.3 Å². The number of carbonyl (C=O) groups excluding carboxylic acids is 1. The maximum Gasteiger partial charge on any atom is 0.327 e. The number of nitrogens with one attached hydrogen (secondary N) is 1. The molecule has 0 saturated carbocycles. The van der Waals surface area contributed by atoms with Gasteiger partial charge in [-0.25, -0.2) is 4.68 Å². The van der Waals surface area contributed by atoms with Crippen LogP contribution < -0.4 is 10.9 Å². The molecule has 0 atom stereocenters. The lowest BCUT2D eigenvalue weighted by Gasteiger charge is -2.09. The van der Waals surface area contributed by atoms with Crippen LogP contribution in [0.25, 0.3) is 0 Å². The molecule has 20 heavy (non-hydrogen) atoms. The van der Waals surface area contributed by atoms with E-state index in [2.05, 4.69) is 31.1 Å². The predicted octanol–water partition coefficient (Wildman–Crippen LogP) is 1.85. The average Bonchev–Trinajstić information content (AvgIpc) is 2.96. The predicted molar refractivity (Wildman–Crippen MR) is 79.9 cm³/mol. The molecule has 0 aromatic carbocycles. The fraction of sp³-hybridized carbons (Fsp3) is 0.250. The second-order valence-corrected chi connectivity index (χ2v) is 5.67. The van der Waals surface area contributed by atoms with Crippen molar-refractivity contribution in [1.82, 2.24) is 9.78 Å². The van der Waals surface area contributed by atoms with E-state index in [-0.39, 0.29) is 12.1 Å². The molecule has 0 bridgehead atoms. The van der Waals surface area contributed by atoms with E-state index in [0.29, 0.717) is 16.7 Å². The maximum atomic E-state index is 12.0. The average molecular weight is 358 g/mol. The first kappa shape index (κ1) is 14.7. The van der Waals surface area contributed by atoms with Gasteiger partial charge in [0.2, 0.25) is 0 Å². The zero-order valence-corrected chi connectivity index (χ0v) is 13.0. The van der Waals surface area contributed by atoms with Crippen molar-refractivity contribution in [3.05, 3.63) is 43.4 Å². The van der Waals surface area contributed by atoms with Crippen molar-refractivity contribution in [3.8, 4) is 0 Å². The molecule has 1 N–H and O–H groups in total. The first-order chi connectivity index (χ1) is 9.61. The molecule has 0 spiro atoms. The third-order valence-corrected chi connectivity index (χ3v) is 4.17. The maximum absolute atomic E-state index is 12.0. The van der Waals surface area contributed by atoms with E-state index in [0.717, 1.165) is 9.56 Å². The van der Waals surface area contributed by atoms with Crippen LogP contribution in [0.4, 0.5) is 5.69 Å². The lowest BCUT2D eigenvalue weighted by atomic mass is 10.4. The number of anilines is 1. The quantitative estimate of drug-likeness (QED) is 0.826. The largest absolute Gasteiger partial charge is 0.468 e. The van der Waals surface area contributed by atoms with Crippen molar-refractivity contribution in [2.75, 3.05) is 12.4 Å². The highest BCUT2D eigenvalue weighted by molar-refractivity contribution is 9.10. The molecule has 6 nitrogen and oxygen atoms in total. The van der Waals surface area contributed by atoms with E-state index in [4.69, 9.17) is 0 Å². The topological polar surface area (TPSA) is 73.2 Å². The van der Waals surface area contributed by atoms with Gasteiger partial charge >= 0.3 is 5.97 Å². The second-order valence-electron chi connectivity index (χ2n) is 3.84. The Morgan fingerprint density at radius 3 is 3.05 bits per heavy atom. The molecule has 8 heteroatoms. The van der Waals surface area contributed by atoms with E-state index in [1.165, 1.54) is 13.3 Å². The van der Waals surface area contributed by atoms with Gasteiger partial charge in [0.1, 0.15) is 11.0 Å². The molecule has 0 unspecified atom stereocenters. The molecule has 0 fully saturated rings. The minimum atomic E-state index is -0.522. The summed E-state index contributed by atoms with van der Waals surface area (Å²) in [5.41, 5.74) is 0.205. The molecule has 0 aliphatic heterocycles. The molecule has 2 heterocycles. The highest BCUT2D eigenvalue weighted by Gasteiger charge is 2.11. The summed E-state index contributed by atoms with van der Waals surface area (Å²) in [4.78, 5) is 24.3. The van der Waals surface area contributed by atoms with Crippen LogP contribution in [0.3, 0.4) is 0 Å². The van der Waals surface area contributed by atoms with Gasteiger partial charge in [0.05, 0.1) is 19.0 Å². The normalized spacial score (nSPS) is 10.3. The van der Waals surface area contributed by atoms with E-state index in [9.17, 15) is 9.59 Å². The summed E-state index contributed by atoms with van der Waals surface area (Å²) in [5, 5.41) is 9.05. The standard InChI is InChI=1S/C12H12BrN3O3S/c1-19-10(17)7-16-12(18)11(13)9(6-15-16)14-5-8-3-2-4-20-8/h2-4,6,14H,5,7H2,1H3. The number of ether oxygens (including phenoxy) is 1. The molecule has 2 rings (SSSR count). The van der Waals surface area contributed by atoms with Gasteiger partial charge in [-0.05, 0) is 27.4 Å². The highest BCUT2D eigenvalue weighted by atomic mass is 79.9. The van der Waals surface area contributed by atoms with Crippen LogP contribution in [0.1, 0.15) is 4.88 Å². The fourth-order valence-corrected chi connectivity index (χ4v) is 2.58. The summed E-state index contributed by atoms with van der Waals surface area (Å²) in [5.74, 6) is -0.522. The molecule has 2 aromatic heterocycles. The van der Waals surface area contributed by atoms with Crippen LogP contribution >= 0.6 is 27.3 Å². The van der Waals surface area contributed by atoms with E-state index >= 15 is 0 Å². The van der Waals surface area contributed by atoms with Crippen LogP contribution in [-0.4, -0.2) is 22.9 Å². The third kappa shape index (κ3) is 3.45. The van der Waals surface area contributed by atoms with Crippen LogP contribution in [-0.2, 0) is 22.6 Å². The molecular weight excluding hydrogens is 346 g/mol. The van der Waals surface area contributed by atoms with Gasteiger partial charge in [-0.15, -0.1) is 11.3 Å². The van der Waals surface area contributed by atoms with Gasteiger partial charge in [0.15, 0.2) is 0 Å². The lowest BCUT2D eigenvalue weighted by Crippen LogP contribution is -2.28. The van der Waals surface area contributed by atoms with Crippen LogP contribution in [0.2, 0.25) is 0 Å². The number of hydrogen-bond donors (Lipinski definition) is 1. The van der Waals surface area contributed by atoms with E-state index in [1.807, 2.05) is 17.5 Å². The molecule has 106 valence electrons. The van der Waals surface area contributed by atoms with Gasteiger partial charge in [0.25, 0.3) is 5.56 Å². The minimum Gasteiger partial charge on any atom is -0.468 e. The van der Waals surface area contributed by atoms with Crippen LogP contribution in [0.5, 0.6) is 0 Å². The highest BCUT2D eigenvalue weighted by Crippen LogP contribution is 2.18. The number of rotatable bonds is 5. The van der Waals surface area contributed by atoms with Crippen molar-refractivity contribution in [2.45, 2.75) is 13.1 Å². The Morgan fingerprint density at radius 1 is 1.60 bits per heavy atom. The zero-order chi connectivity index (χ0) is 14.5. The number of aromatic nitrogens is 2. The van der Waals surface area contributed by atoms with Crippen molar-refractivity contribution in [2.24, 2.45) is 0 Å². The Balaban J connectivity index is 2.14. The number of nitrogens with zero attached hydrogens (tertiary/aromatic N) is 2. The SMILES string of the molecule is COC(=O)Cn1ncc(NCc2cccs2)c(Br)c1=O. The Labute approximate surface area is 127 Å².